The number of nitrogens with zero attached hydrogens (tertiary/aromatic N) is 3. The number of aromatic nitrogens is 3. The standard InChI is InChI=1S/C22H17FN4O4/c1-13-15(10-11-19-24-21(28)20(27(30)31)22(29)25-19)16-7-3-5-9-18(16)26(13)12-14-6-2-4-8-17(14)23/h2-11H,12H2,1H3,(H2,24,25,28,29)/b11-10+. The molecule has 0 saturated heterocycles. The first kappa shape index (κ1) is 20.0. The highest BCUT2D eigenvalue weighted by Crippen LogP contribution is 2.29. The van der Waals surface area contributed by atoms with Crippen LogP contribution in [0.2, 0.25) is 0 Å². The molecule has 2 aromatic heterocycles. The molecule has 0 bridgehead atoms. The van der Waals surface area contributed by atoms with Crippen LogP contribution in [0, 0.1) is 22.9 Å². The van der Waals surface area contributed by atoms with Crippen LogP contribution in [0.25, 0.3) is 23.1 Å². The van der Waals surface area contributed by atoms with Gasteiger partial charge in [0.15, 0.2) is 0 Å². The number of hydrogen-bond acceptors (Lipinski definition) is 5. The number of nitrogens with one attached hydrogen (secondary N) is 1. The molecule has 31 heavy (non-hydrogen) atoms. The number of aromatic amines is 1. The first-order valence-electron chi connectivity index (χ1n) is 9.34. The first-order chi connectivity index (χ1) is 14.9. The molecule has 2 heterocycles. The van der Waals surface area contributed by atoms with Crippen LogP contribution < -0.4 is 5.56 Å². The summed E-state index contributed by atoms with van der Waals surface area (Å²) in [5, 5.41) is 21.5. The van der Waals surface area contributed by atoms with Crippen molar-refractivity contribution in [2.45, 2.75) is 13.5 Å². The monoisotopic (exact) mass is 420 g/mol. The normalized spacial score (nSPS) is 11.4. The minimum atomic E-state index is -1.05. The van der Waals surface area contributed by atoms with Gasteiger partial charge >= 0.3 is 11.2 Å². The number of hydrogen-bond donors (Lipinski definition) is 2. The molecule has 0 saturated carbocycles. The SMILES string of the molecule is Cc1c(/C=C/c2nc(O)c([N+](=O)[O-])c(=O)[nH]2)c2ccccc2n1Cc1ccccc1F. The molecule has 0 unspecified atom stereocenters. The van der Waals surface area contributed by atoms with Crippen molar-refractivity contribution < 1.29 is 14.4 Å². The van der Waals surface area contributed by atoms with E-state index in [-0.39, 0.29) is 11.6 Å². The van der Waals surface area contributed by atoms with Crippen molar-refractivity contribution in [3.63, 3.8) is 0 Å². The topological polar surface area (TPSA) is 114 Å². The van der Waals surface area contributed by atoms with Gasteiger partial charge in [-0.2, -0.15) is 4.98 Å². The van der Waals surface area contributed by atoms with Gasteiger partial charge in [-0.05, 0) is 31.2 Å². The number of benzene rings is 2. The Hall–Kier alpha value is -4.27. The van der Waals surface area contributed by atoms with Gasteiger partial charge in [-0.3, -0.25) is 14.9 Å². The quantitative estimate of drug-likeness (QED) is 0.374. The Balaban J connectivity index is 1.79. The number of halogens is 1. The fraction of sp³-hybridized carbons (Fsp3) is 0.0909. The molecule has 4 rings (SSSR count). The molecule has 8 nitrogen and oxygen atoms in total. The highest BCUT2D eigenvalue weighted by Gasteiger charge is 2.21. The number of rotatable bonds is 5. The lowest BCUT2D eigenvalue weighted by atomic mass is 10.1. The first-order valence-corrected chi connectivity index (χ1v) is 9.34. The number of nitro groups is 1. The smallest absolute Gasteiger partial charge is 0.395 e. The summed E-state index contributed by atoms with van der Waals surface area (Å²) in [6, 6.07) is 14.2. The fourth-order valence-corrected chi connectivity index (χ4v) is 3.55. The summed E-state index contributed by atoms with van der Waals surface area (Å²) in [6.07, 6.45) is 3.14. The third-order valence-electron chi connectivity index (χ3n) is 5.05. The van der Waals surface area contributed by atoms with Crippen LogP contribution in [0.15, 0.2) is 53.3 Å². The average Bonchev–Trinajstić information content (AvgIpc) is 2.98. The Morgan fingerprint density at radius 2 is 1.90 bits per heavy atom. The van der Waals surface area contributed by atoms with Gasteiger partial charge in [-0.1, -0.05) is 36.4 Å². The highest BCUT2D eigenvalue weighted by molar-refractivity contribution is 5.93. The van der Waals surface area contributed by atoms with Crippen LogP contribution >= 0.6 is 0 Å². The van der Waals surface area contributed by atoms with E-state index in [1.54, 1.807) is 24.3 Å². The van der Waals surface area contributed by atoms with E-state index in [9.17, 15) is 24.4 Å². The zero-order valence-electron chi connectivity index (χ0n) is 16.4. The van der Waals surface area contributed by atoms with Gasteiger partial charge < -0.3 is 14.7 Å². The van der Waals surface area contributed by atoms with E-state index in [4.69, 9.17) is 0 Å². The van der Waals surface area contributed by atoms with Gasteiger partial charge in [0.2, 0.25) is 0 Å². The van der Waals surface area contributed by atoms with Crippen molar-refractivity contribution >= 4 is 28.7 Å². The molecule has 2 aromatic carbocycles. The molecule has 9 heteroatoms. The van der Waals surface area contributed by atoms with Crippen molar-refractivity contribution in [1.29, 1.82) is 0 Å². The molecule has 156 valence electrons. The second-order valence-electron chi connectivity index (χ2n) is 6.91. The van der Waals surface area contributed by atoms with Gasteiger partial charge in [0.05, 0.1) is 11.5 Å². The van der Waals surface area contributed by atoms with Crippen molar-refractivity contribution in [3.05, 3.63) is 97.5 Å². The number of para-hydroxylation sites is 1. The van der Waals surface area contributed by atoms with E-state index < -0.39 is 22.0 Å². The lowest BCUT2D eigenvalue weighted by Gasteiger charge is -2.09. The molecular formula is C22H17FN4O4. The van der Waals surface area contributed by atoms with Crippen molar-refractivity contribution in [2.75, 3.05) is 0 Å². The third-order valence-corrected chi connectivity index (χ3v) is 5.05. The van der Waals surface area contributed by atoms with Crippen LogP contribution in [0.1, 0.15) is 22.6 Å². The summed E-state index contributed by atoms with van der Waals surface area (Å²) in [6.45, 7) is 2.23. The third kappa shape index (κ3) is 3.68. The number of aromatic hydroxyl groups is 1. The molecule has 2 N–H and O–H groups in total. The summed E-state index contributed by atoms with van der Waals surface area (Å²) in [5.41, 5.74) is 1.07. The Labute approximate surface area is 175 Å². The lowest BCUT2D eigenvalue weighted by Crippen LogP contribution is -2.14. The van der Waals surface area contributed by atoms with Crippen molar-refractivity contribution in [3.8, 4) is 5.88 Å². The van der Waals surface area contributed by atoms with E-state index in [1.165, 1.54) is 12.1 Å². The number of H-pyrrole nitrogens is 1. The maximum Gasteiger partial charge on any atom is 0.395 e. The molecular weight excluding hydrogens is 403 g/mol. The van der Waals surface area contributed by atoms with E-state index >= 15 is 0 Å². The second-order valence-corrected chi connectivity index (χ2v) is 6.91. The van der Waals surface area contributed by atoms with E-state index in [1.807, 2.05) is 35.8 Å². The summed E-state index contributed by atoms with van der Waals surface area (Å²) in [4.78, 5) is 27.7. The molecule has 0 aliphatic carbocycles. The Morgan fingerprint density at radius 1 is 1.19 bits per heavy atom. The molecule has 0 aliphatic rings. The molecule has 4 aromatic rings. The second kappa shape index (κ2) is 7.86. The van der Waals surface area contributed by atoms with Crippen LogP contribution in [-0.2, 0) is 6.54 Å². The molecule has 0 atom stereocenters. The van der Waals surface area contributed by atoms with Crippen LogP contribution in [0.3, 0.4) is 0 Å². The summed E-state index contributed by atoms with van der Waals surface area (Å²) in [7, 11) is 0. The lowest BCUT2D eigenvalue weighted by molar-refractivity contribution is -0.387. The fourth-order valence-electron chi connectivity index (χ4n) is 3.55. The Bertz CT molecular complexity index is 1400. The van der Waals surface area contributed by atoms with Crippen LogP contribution in [0.5, 0.6) is 5.88 Å². The molecule has 0 aliphatic heterocycles. The van der Waals surface area contributed by atoms with Crippen LogP contribution in [-0.4, -0.2) is 24.6 Å². The van der Waals surface area contributed by atoms with Gasteiger partial charge in [-0.25, -0.2) is 4.39 Å². The van der Waals surface area contributed by atoms with Gasteiger partial charge in [-0.15, -0.1) is 0 Å². The molecule has 0 fully saturated rings. The Kier molecular flexibility index (Phi) is 5.08. The van der Waals surface area contributed by atoms with Gasteiger partial charge in [0.25, 0.3) is 5.88 Å². The van der Waals surface area contributed by atoms with E-state index in [0.717, 1.165) is 22.2 Å². The minimum Gasteiger partial charge on any atom is -0.488 e. The van der Waals surface area contributed by atoms with Gasteiger partial charge in [0, 0.05) is 27.7 Å². The summed E-state index contributed by atoms with van der Waals surface area (Å²) in [5.74, 6) is -1.27. The molecule has 0 spiro atoms. The minimum absolute atomic E-state index is 0.0292. The Morgan fingerprint density at radius 3 is 2.61 bits per heavy atom. The maximum absolute atomic E-state index is 14.2. The zero-order chi connectivity index (χ0) is 22.1. The summed E-state index contributed by atoms with van der Waals surface area (Å²) >= 11 is 0. The largest absolute Gasteiger partial charge is 0.488 e. The zero-order valence-corrected chi connectivity index (χ0v) is 16.4. The van der Waals surface area contributed by atoms with Crippen molar-refractivity contribution in [1.82, 2.24) is 14.5 Å². The molecule has 0 radical (unpaired) electrons. The predicted octanol–water partition coefficient (Wildman–Crippen LogP) is 4.00. The summed E-state index contributed by atoms with van der Waals surface area (Å²) < 4.78 is 16.2. The van der Waals surface area contributed by atoms with Gasteiger partial charge in [0.1, 0.15) is 11.6 Å². The molecule has 0 amide bonds. The van der Waals surface area contributed by atoms with Crippen molar-refractivity contribution in [2.24, 2.45) is 0 Å². The predicted molar refractivity (Wildman–Crippen MR) is 114 cm³/mol. The number of fused-ring (bicyclic) bond motifs is 1. The van der Waals surface area contributed by atoms with Crippen LogP contribution in [0.4, 0.5) is 10.1 Å². The maximum atomic E-state index is 14.2. The van der Waals surface area contributed by atoms with E-state index in [2.05, 4.69) is 9.97 Å². The highest BCUT2D eigenvalue weighted by atomic mass is 19.1. The average molecular weight is 420 g/mol. The van der Waals surface area contributed by atoms with E-state index in [0.29, 0.717) is 12.1 Å².